The molecule has 0 spiro atoms. The Balaban J connectivity index is 1.55. The summed E-state index contributed by atoms with van der Waals surface area (Å²) in [5.74, 6) is 0.143. The molecule has 2 fully saturated rings. The summed E-state index contributed by atoms with van der Waals surface area (Å²) in [5.41, 5.74) is 2.28. The average molecular weight is 475 g/mol. The van der Waals surface area contributed by atoms with E-state index in [4.69, 9.17) is 4.74 Å². The lowest BCUT2D eigenvalue weighted by atomic mass is 10.0. The third-order valence-electron chi connectivity index (χ3n) is 6.44. The number of ether oxygens (including phenoxy) is 2. The lowest BCUT2D eigenvalue weighted by Gasteiger charge is -2.33. The molecule has 180 valence electrons. The van der Waals surface area contributed by atoms with Crippen LogP contribution in [0.4, 0.5) is 4.79 Å². The maximum Gasteiger partial charge on any atom is 0.406 e. The first-order valence-electron chi connectivity index (χ1n) is 11.9. The third kappa shape index (κ3) is 5.58. The molecule has 2 aromatic heterocycles. The Morgan fingerprint density at radius 3 is 2.82 bits per heavy atom. The number of thiophene rings is 1. The number of rotatable bonds is 9. The summed E-state index contributed by atoms with van der Waals surface area (Å²) >= 11 is 1.74. The SMILES string of the molecule is COC(=O)NCCCc1cc([C@H](C)N(C(=O)[C@H]2CCCCO2)C2CC2)sc1-c1ccnn1C. The van der Waals surface area contributed by atoms with Crippen LogP contribution in [0.25, 0.3) is 10.6 Å². The van der Waals surface area contributed by atoms with Gasteiger partial charge in [0.05, 0.1) is 23.7 Å². The zero-order valence-corrected chi connectivity index (χ0v) is 20.5. The van der Waals surface area contributed by atoms with Gasteiger partial charge in [-0.25, -0.2) is 4.79 Å². The number of alkyl carbamates (subject to hydrolysis) is 1. The molecule has 33 heavy (non-hydrogen) atoms. The van der Waals surface area contributed by atoms with Gasteiger partial charge in [0.15, 0.2) is 0 Å². The summed E-state index contributed by atoms with van der Waals surface area (Å²) in [5, 5.41) is 7.10. The molecule has 0 radical (unpaired) electrons. The molecule has 9 heteroatoms. The van der Waals surface area contributed by atoms with Crippen molar-refractivity contribution >= 4 is 23.3 Å². The molecular weight excluding hydrogens is 440 g/mol. The summed E-state index contributed by atoms with van der Waals surface area (Å²) in [6, 6.07) is 4.57. The quantitative estimate of drug-likeness (QED) is 0.554. The van der Waals surface area contributed by atoms with Crippen LogP contribution in [-0.4, -0.2) is 59.1 Å². The van der Waals surface area contributed by atoms with Crippen molar-refractivity contribution in [2.24, 2.45) is 7.05 Å². The predicted octanol–water partition coefficient (Wildman–Crippen LogP) is 4.06. The van der Waals surface area contributed by atoms with Gasteiger partial charge in [-0.15, -0.1) is 11.3 Å². The second kappa shape index (κ2) is 10.7. The van der Waals surface area contributed by atoms with Crippen molar-refractivity contribution in [3.8, 4) is 10.6 Å². The molecule has 2 aromatic rings. The minimum Gasteiger partial charge on any atom is -0.453 e. The highest BCUT2D eigenvalue weighted by Gasteiger charge is 2.40. The van der Waals surface area contributed by atoms with Gasteiger partial charge in [0.1, 0.15) is 6.10 Å². The molecule has 3 heterocycles. The van der Waals surface area contributed by atoms with Crippen molar-refractivity contribution in [2.45, 2.75) is 70.1 Å². The fraction of sp³-hybridized carbons (Fsp3) is 0.625. The Kier molecular flexibility index (Phi) is 7.70. The van der Waals surface area contributed by atoms with E-state index in [1.807, 2.05) is 17.8 Å². The first-order chi connectivity index (χ1) is 16.0. The molecule has 4 rings (SSSR count). The number of hydrogen-bond donors (Lipinski definition) is 1. The summed E-state index contributed by atoms with van der Waals surface area (Å²) in [6.45, 7) is 3.36. The van der Waals surface area contributed by atoms with Crippen molar-refractivity contribution < 1.29 is 19.1 Å². The van der Waals surface area contributed by atoms with E-state index in [2.05, 4.69) is 33.0 Å². The van der Waals surface area contributed by atoms with Crippen LogP contribution in [0.5, 0.6) is 0 Å². The molecule has 1 saturated heterocycles. The summed E-state index contributed by atoms with van der Waals surface area (Å²) in [6.07, 6.45) is 7.74. The number of aryl methyl sites for hydroxylation is 2. The maximum absolute atomic E-state index is 13.4. The van der Waals surface area contributed by atoms with Gasteiger partial charge in [-0.3, -0.25) is 9.48 Å². The number of nitrogens with one attached hydrogen (secondary N) is 1. The lowest BCUT2D eigenvalue weighted by Crippen LogP contribution is -2.44. The van der Waals surface area contributed by atoms with Crippen LogP contribution in [0.3, 0.4) is 0 Å². The third-order valence-corrected chi connectivity index (χ3v) is 7.81. The highest BCUT2D eigenvalue weighted by Crippen LogP contribution is 2.42. The van der Waals surface area contributed by atoms with Crippen LogP contribution >= 0.6 is 11.3 Å². The van der Waals surface area contributed by atoms with E-state index in [9.17, 15) is 9.59 Å². The second-order valence-corrected chi connectivity index (χ2v) is 9.96. The molecule has 1 aliphatic carbocycles. The Hall–Kier alpha value is -2.39. The largest absolute Gasteiger partial charge is 0.453 e. The molecule has 8 nitrogen and oxygen atoms in total. The van der Waals surface area contributed by atoms with Crippen LogP contribution in [-0.2, 0) is 27.7 Å². The smallest absolute Gasteiger partial charge is 0.406 e. The van der Waals surface area contributed by atoms with E-state index in [0.29, 0.717) is 19.2 Å². The number of methoxy groups -OCH3 is 1. The van der Waals surface area contributed by atoms with Gasteiger partial charge >= 0.3 is 6.09 Å². The van der Waals surface area contributed by atoms with Gasteiger partial charge in [0, 0.05) is 37.3 Å². The van der Waals surface area contributed by atoms with Crippen LogP contribution in [0, 0.1) is 0 Å². The monoisotopic (exact) mass is 474 g/mol. The van der Waals surface area contributed by atoms with Crippen LogP contribution in [0.2, 0.25) is 0 Å². The second-order valence-electron chi connectivity index (χ2n) is 8.87. The van der Waals surface area contributed by atoms with E-state index in [0.717, 1.165) is 50.6 Å². The summed E-state index contributed by atoms with van der Waals surface area (Å²) < 4.78 is 12.4. The lowest BCUT2D eigenvalue weighted by molar-refractivity contribution is -0.149. The molecule has 1 N–H and O–H groups in total. The zero-order valence-electron chi connectivity index (χ0n) is 19.7. The van der Waals surface area contributed by atoms with E-state index < -0.39 is 6.09 Å². The van der Waals surface area contributed by atoms with Crippen molar-refractivity contribution in [2.75, 3.05) is 20.3 Å². The number of hydrogen-bond acceptors (Lipinski definition) is 6. The van der Waals surface area contributed by atoms with Crippen molar-refractivity contribution in [3.05, 3.63) is 28.8 Å². The Morgan fingerprint density at radius 2 is 2.18 bits per heavy atom. The fourth-order valence-corrected chi connectivity index (χ4v) is 5.79. The van der Waals surface area contributed by atoms with E-state index in [1.54, 1.807) is 17.5 Å². The molecule has 2 aliphatic rings. The predicted molar refractivity (Wildman–Crippen MR) is 127 cm³/mol. The highest BCUT2D eigenvalue weighted by molar-refractivity contribution is 7.15. The number of amides is 2. The Labute approximate surface area is 199 Å². The van der Waals surface area contributed by atoms with Crippen LogP contribution in [0.1, 0.15) is 61.9 Å². The van der Waals surface area contributed by atoms with Gasteiger partial charge in [-0.1, -0.05) is 0 Å². The Bertz CT molecular complexity index is 962. The molecule has 1 aliphatic heterocycles. The van der Waals surface area contributed by atoms with Gasteiger partial charge in [-0.2, -0.15) is 5.10 Å². The zero-order chi connectivity index (χ0) is 23.4. The molecule has 2 atom stereocenters. The van der Waals surface area contributed by atoms with Gasteiger partial charge in [-0.05, 0) is 69.6 Å². The Morgan fingerprint density at radius 1 is 1.36 bits per heavy atom. The van der Waals surface area contributed by atoms with Crippen molar-refractivity contribution in [1.29, 1.82) is 0 Å². The fourth-order valence-electron chi connectivity index (χ4n) is 4.48. The number of nitrogens with zero attached hydrogens (tertiary/aromatic N) is 3. The highest BCUT2D eigenvalue weighted by atomic mass is 32.1. The van der Waals surface area contributed by atoms with E-state index >= 15 is 0 Å². The molecule has 0 unspecified atom stereocenters. The first-order valence-corrected chi connectivity index (χ1v) is 12.7. The average Bonchev–Trinajstić information content (AvgIpc) is 3.43. The van der Waals surface area contributed by atoms with E-state index in [1.165, 1.54) is 22.4 Å². The maximum atomic E-state index is 13.4. The normalized spacial score (nSPS) is 19.2. The minimum absolute atomic E-state index is 0.00514. The van der Waals surface area contributed by atoms with E-state index in [-0.39, 0.29) is 18.1 Å². The van der Waals surface area contributed by atoms with Crippen molar-refractivity contribution in [3.63, 3.8) is 0 Å². The summed E-state index contributed by atoms with van der Waals surface area (Å²) in [7, 11) is 3.31. The van der Waals surface area contributed by atoms with Crippen LogP contribution < -0.4 is 5.32 Å². The topological polar surface area (TPSA) is 85.7 Å². The molecule has 1 saturated carbocycles. The van der Waals surface area contributed by atoms with Crippen LogP contribution in [0.15, 0.2) is 18.3 Å². The standard InChI is InChI=1S/C24H34N4O4S/c1-16(28(18-9-10-18)23(29)20-8-4-5-14-32-20)21-15-17(7-6-12-25-24(30)31-3)22(33-21)19-11-13-26-27(19)2/h11,13,15-16,18,20H,4-10,12,14H2,1-3H3,(H,25,30)/t16-,20+/m0/s1. The van der Waals surface area contributed by atoms with Gasteiger partial charge < -0.3 is 19.7 Å². The van der Waals surface area contributed by atoms with Gasteiger partial charge in [0.2, 0.25) is 0 Å². The first kappa shape index (κ1) is 23.8. The molecule has 2 amide bonds. The van der Waals surface area contributed by atoms with Gasteiger partial charge in [0.25, 0.3) is 5.91 Å². The number of carbonyl (C=O) groups excluding carboxylic acids is 2. The summed E-state index contributed by atoms with van der Waals surface area (Å²) in [4.78, 5) is 29.2. The minimum atomic E-state index is -0.412. The molecule has 0 aromatic carbocycles. The number of aromatic nitrogens is 2. The molecular formula is C24H34N4O4S. The molecule has 0 bridgehead atoms. The van der Waals surface area contributed by atoms with Crippen molar-refractivity contribution in [1.82, 2.24) is 20.0 Å². The number of carbonyl (C=O) groups is 2.